The topological polar surface area (TPSA) is 3.88 Å². The second-order valence-electron chi connectivity index (χ2n) is 8.19. The molecule has 1 saturated carbocycles. The van der Waals surface area contributed by atoms with Crippen molar-refractivity contribution >= 4 is 10.8 Å². The zero-order valence-electron chi connectivity index (χ0n) is 16.6. The van der Waals surface area contributed by atoms with Crippen LogP contribution in [0.2, 0.25) is 0 Å². The van der Waals surface area contributed by atoms with Crippen LogP contribution in [0.15, 0.2) is 42.5 Å². The van der Waals surface area contributed by atoms with Crippen LogP contribution in [-0.4, -0.2) is 0 Å². The zero-order valence-corrected chi connectivity index (χ0v) is 16.6. The lowest BCUT2D eigenvalue weighted by Gasteiger charge is -2.22. The van der Waals surface area contributed by atoms with Gasteiger partial charge in [-0.05, 0) is 61.3 Å². The van der Waals surface area contributed by atoms with Crippen molar-refractivity contribution in [3.05, 3.63) is 64.8 Å². The van der Waals surface area contributed by atoms with Crippen molar-refractivity contribution in [2.24, 2.45) is 7.05 Å². The second kappa shape index (κ2) is 6.87. The summed E-state index contributed by atoms with van der Waals surface area (Å²) in [6.45, 7) is 6.63. The van der Waals surface area contributed by atoms with E-state index in [0.717, 1.165) is 5.92 Å². The molecule has 1 fully saturated rings. The van der Waals surface area contributed by atoms with Crippen LogP contribution in [0.5, 0.6) is 0 Å². The first-order valence-corrected chi connectivity index (χ1v) is 10.1. The molecule has 1 aromatic heterocycles. The van der Waals surface area contributed by atoms with Crippen LogP contribution in [-0.2, 0) is 7.05 Å². The summed E-state index contributed by atoms with van der Waals surface area (Å²) in [6, 6.07) is 16.4. The minimum atomic E-state index is 0.756. The van der Waals surface area contributed by atoms with Gasteiger partial charge in [0.2, 0.25) is 5.69 Å². The SMILES string of the molecule is Cc1ccc(C)c(-c2c3ccc(C4CCCCC4)cc3cc(C)[n+]2C)c1. The Morgan fingerprint density at radius 2 is 1.62 bits per heavy atom. The Labute approximate surface area is 157 Å². The molecular formula is C25H30N+. The van der Waals surface area contributed by atoms with Crippen LogP contribution in [0.25, 0.3) is 22.0 Å². The quantitative estimate of drug-likeness (QED) is 0.480. The van der Waals surface area contributed by atoms with E-state index in [0.29, 0.717) is 0 Å². The van der Waals surface area contributed by atoms with Crippen LogP contribution in [0.1, 0.15) is 60.4 Å². The van der Waals surface area contributed by atoms with E-state index < -0.39 is 0 Å². The van der Waals surface area contributed by atoms with Crippen LogP contribution in [0.4, 0.5) is 0 Å². The number of pyridine rings is 1. The first-order valence-electron chi connectivity index (χ1n) is 10.1. The van der Waals surface area contributed by atoms with Gasteiger partial charge in [-0.15, -0.1) is 0 Å². The Morgan fingerprint density at radius 3 is 2.38 bits per heavy atom. The molecule has 2 aromatic carbocycles. The monoisotopic (exact) mass is 344 g/mol. The van der Waals surface area contributed by atoms with E-state index in [1.54, 1.807) is 0 Å². The van der Waals surface area contributed by atoms with E-state index in [9.17, 15) is 0 Å². The molecule has 4 rings (SSSR count). The molecule has 0 bridgehead atoms. The predicted octanol–water partition coefficient (Wildman–Crippen LogP) is 6.30. The highest BCUT2D eigenvalue weighted by molar-refractivity contribution is 5.94. The van der Waals surface area contributed by atoms with E-state index in [-0.39, 0.29) is 0 Å². The van der Waals surface area contributed by atoms with Crippen LogP contribution >= 0.6 is 0 Å². The van der Waals surface area contributed by atoms with Crippen molar-refractivity contribution in [2.75, 3.05) is 0 Å². The van der Waals surface area contributed by atoms with Crippen molar-refractivity contribution in [3.8, 4) is 11.3 Å². The van der Waals surface area contributed by atoms with Crippen molar-refractivity contribution < 1.29 is 4.57 Å². The van der Waals surface area contributed by atoms with E-state index >= 15 is 0 Å². The molecule has 0 amide bonds. The first kappa shape index (κ1) is 17.3. The standard InChI is InChI=1S/C25H30N/c1-17-10-11-18(2)24(14-17)25-23-13-12-21(20-8-6-5-7-9-20)16-22(23)15-19(3)26(25)4/h10-16,20H,5-9H2,1-4H3/q+1. The summed E-state index contributed by atoms with van der Waals surface area (Å²) in [7, 11) is 2.20. The van der Waals surface area contributed by atoms with Crippen molar-refractivity contribution in [3.63, 3.8) is 0 Å². The molecule has 0 aliphatic heterocycles. The fourth-order valence-electron chi connectivity index (χ4n) is 4.60. The summed E-state index contributed by atoms with van der Waals surface area (Å²) in [5.41, 5.74) is 8.21. The van der Waals surface area contributed by atoms with Crippen LogP contribution in [0, 0.1) is 20.8 Å². The molecule has 1 nitrogen and oxygen atoms in total. The molecule has 3 aromatic rings. The Hall–Kier alpha value is -2.15. The molecular weight excluding hydrogens is 314 g/mol. The lowest BCUT2D eigenvalue weighted by Crippen LogP contribution is -2.35. The third-order valence-corrected chi connectivity index (χ3v) is 6.28. The van der Waals surface area contributed by atoms with Gasteiger partial charge in [0.15, 0.2) is 5.69 Å². The number of rotatable bonds is 2. The van der Waals surface area contributed by atoms with E-state index in [1.807, 2.05) is 0 Å². The predicted molar refractivity (Wildman–Crippen MR) is 111 cm³/mol. The average Bonchev–Trinajstić information content (AvgIpc) is 2.65. The molecule has 0 atom stereocenters. The minimum Gasteiger partial charge on any atom is -0.198 e. The summed E-state index contributed by atoms with van der Waals surface area (Å²) in [5.74, 6) is 0.756. The average molecular weight is 345 g/mol. The molecule has 134 valence electrons. The van der Waals surface area contributed by atoms with Gasteiger partial charge in [0.1, 0.15) is 7.05 Å². The molecule has 1 aliphatic carbocycles. The van der Waals surface area contributed by atoms with E-state index in [1.165, 1.54) is 76.5 Å². The maximum atomic E-state index is 2.47. The Kier molecular flexibility index (Phi) is 4.56. The number of hydrogen-bond acceptors (Lipinski definition) is 0. The Morgan fingerprint density at radius 1 is 0.846 bits per heavy atom. The lowest BCUT2D eigenvalue weighted by atomic mass is 9.83. The van der Waals surface area contributed by atoms with Gasteiger partial charge >= 0.3 is 0 Å². The summed E-state index contributed by atoms with van der Waals surface area (Å²) in [5, 5.41) is 2.76. The van der Waals surface area contributed by atoms with E-state index in [4.69, 9.17) is 0 Å². The van der Waals surface area contributed by atoms with Gasteiger partial charge in [0.05, 0.1) is 5.39 Å². The number of aromatic nitrogens is 1. The molecule has 0 radical (unpaired) electrons. The summed E-state index contributed by atoms with van der Waals surface area (Å²) < 4.78 is 2.35. The third kappa shape index (κ3) is 3.05. The number of fused-ring (bicyclic) bond motifs is 1. The van der Waals surface area contributed by atoms with Gasteiger partial charge in [-0.3, -0.25) is 0 Å². The highest BCUT2D eigenvalue weighted by Crippen LogP contribution is 2.36. The van der Waals surface area contributed by atoms with Gasteiger partial charge in [-0.2, -0.15) is 4.57 Å². The maximum Gasteiger partial charge on any atom is 0.220 e. The number of nitrogens with zero attached hydrogens (tertiary/aromatic N) is 1. The highest BCUT2D eigenvalue weighted by Gasteiger charge is 2.21. The lowest BCUT2D eigenvalue weighted by molar-refractivity contribution is -0.665. The molecule has 26 heavy (non-hydrogen) atoms. The molecule has 1 heteroatoms. The number of benzene rings is 2. The van der Waals surface area contributed by atoms with Gasteiger partial charge in [-0.1, -0.05) is 49.1 Å². The fraction of sp³-hybridized carbons (Fsp3) is 0.400. The normalized spacial score (nSPS) is 15.5. The largest absolute Gasteiger partial charge is 0.220 e. The van der Waals surface area contributed by atoms with Crippen molar-refractivity contribution in [1.29, 1.82) is 0 Å². The molecule has 0 N–H and O–H groups in total. The summed E-state index contributed by atoms with van der Waals surface area (Å²) in [4.78, 5) is 0. The number of hydrogen-bond donors (Lipinski definition) is 0. The Bertz CT molecular complexity index is 962. The number of aryl methyl sites for hydroxylation is 3. The van der Waals surface area contributed by atoms with Gasteiger partial charge in [0.25, 0.3) is 0 Å². The van der Waals surface area contributed by atoms with Crippen molar-refractivity contribution in [1.82, 2.24) is 0 Å². The molecule has 0 unspecified atom stereocenters. The van der Waals surface area contributed by atoms with Crippen molar-refractivity contribution in [2.45, 2.75) is 58.8 Å². The zero-order chi connectivity index (χ0) is 18.3. The van der Waals surface area contributed by atoms with E-state index in [2.05, 4.69) is 74.9 Å². The third-order valence-electron chi connectivity index (χ3n) is 6.28. The maximum absolute atomic E-state index is 2.47. The second-order valence-corrected chi connectivity index (χ2v) is 8.19. The molecule has 1 heterocycles. The molecule has 0 spiro atoms. The van der Waals surface area contributed by atoms with Gasteiger partial charge < -0.3 is 0 Å². The summed E-state index contributed by atoms with van der Waals surface area (Å²) >= 11 is 0. The summed E-state index contributed by atoms with van der Waals surface area (Å²) in [6.07, 6.45) is 6.90. The smallest absolute Gasteiger partial charge is 0.198 e. The first-order chi connectivity index (χ1) is 12.5. The molecule has 0 saturated heterocycles. The highest BCUT2D eigenvalue weighted by atomic mass is 14.9. The Balaban J connectivity index is 1.92. The van der Waals surface area contributed by atoms with Gasteiger partial charge in [0, 0.05) is 18.6 Å². The van der Waals surface area contributed by atoms with Gasteiger partial charge in [-0.25, -0.2) is 0 Å². The van der Waals surface area contributed by atoms with Crippen LogP contribution in [0.3, 0.4) is 0 Å². The minimum absolute atomic E-state index is 0.756. The van der Waals surface area contributed by atoms with Crippen LogP contribution < -0.4 is 4.57 Å². The molecule has 1 aliphatic rings. The fourth-order valence-corrected chi connectivity index (χ4v) is 4.60.